The van der Waals surface area contributed by atoms with Crippen molar-refractivity contribution in [2.75, 3.05) is 0 Å². The Morgan fingerprint density at radius 3 is 2.76 bits per heavy atom. The Bertz CT molecular complexity index is 791. The van der Waals surface area contributed by atoms with Gasteiger partial charge in [-0.2, -0.15) is 0 Å². The van der Waals surface area contributed by atoms with Gasteiger partial charge in [0.2, 0.25) is 0 Å². The SMILES string of the molecule is C1=CC2CCC(c3cccc4c3Cc3ccccc3-4)C2=C1. The van der Waals surface area contributed by atoms with Crippen LogP contribution in [0.25, 0.3) is 11.1 Å². The van der Waals surface area contributed by atoms with E-state index < -0.39 is 0 Å². The van der Waals surface area contributed by atoms with Gasteiger partial charge in [0.1, 0.15) is 0 Å². The fourth-order valence-corrected chi connectivity index (χ4v) is 4.53. The van der Waals surface area contributed by atoms with E-state index in [1.165, 1.54) is 29.5 Å². The molecule has 0 heteroatoms. The first kappa shape index (κ1) is 11.6. The van der Waals surface area contributed by atoms with E-state index >= 15 is 0 Å². The zero-order valence-electron chi connectivity index (χ0n) is 12.0. The molecule has 1 fully saturated rings. The number of fused-ring (bicyclic) bond motifs is 4. The van der Waals surface area contributed by atoms with Gasteiger partial charge in [0.15, 0.2) is 0 Å². The summed E-state index contributed by atoms with van der Waals surface area (Å²) in [6.07, 6.45) is 10.8. The average Bonchev–Trinajstić information content (AvgIpc) is 3.20. The van der Waals surface area contributed by atoms with Gasteiger partial charge in [0, 0.05) is 5.92 Å². The smallest absolute Gasteiger partial charge is 0.00605 e. The van der Waals surface area contributed by atoms with Crippen molar-refractivity contribution in [2.45, 2.75) is 25.2 Å². The highest BCUT2D eigenvalue weighted by molar-refractivity contribution is 5.78. The number of benzene rings is 2. The molecular formula is C21H18. The minimum Gasteiger partial charge on any atom is -0.0773 e. The van der Waals surface area contributed by atoms with Crippen molar-refractivity contribution in [1.29, 1.82) is 0 Å². The minimum atomic E-state index is 0.647. The summed E-state index contributed by atoms with van der Waals surface area (Å²) in [4.78, 5) is 0. The molecule has 2 aromatic rings. The minimum absolute atomic E-state index is 0.647. The molecule has 0 N–H and O–H groups in total. The third-order valence-electron chi connectivity index (χ3n) is 5.49. The second kappa shape index (κ2) is 4.21. The van der Waals surface area contributed by atoms with Crippen LogP contribution in [0.1, 0.15) is 35.4 Å². The van der Waals surface area contributed by atoms with Crippen LogP contribution < -0.4 is 0 Å². The van der Waals surface area contributed by atoms with Gasteiger partial charge in [-0.15, -0.1) is 0 Å². The number of rotatable bonds is 1. The second-order valence-electron chi connectivity index (χ2n) is 6.50. The normalized spacial score (nSPS) is 24.7. The molecule has 21 heavy (non-hydrogen) atoms. The van der Waals surface area contributed by atoms with Crippen LogP contribution in [-0.4, -0.2) is 0 Å². The van der Waals surface area contributed by atoms with Crippen LogP contribution in [0.2, 0.25) is 0 Å². The van der Waals surface area contributed by atoms with Gasteiger partial charge in [-0.05, 0) is 53.0 Å². The van der Waals surface area contributed by atoms with E-state index in [0.717, 1.165) is 12.3 Å². The van der Waals surface area contributed by atoms with E-state index in [9.17, 15) is 0 Å². The molecule has 2 unspecified atom stereocenters. The standard InChI is InChI=1S/C21H18/c1-2-7-17-15(5-1)13-21-18(17)9-4-10-19(21)20-12-11-14-6-3-8-16(14)20/h1-10,14,20H,11-13H2. The van der Waals surface area contributed by atoms with Crippen LogP contribution in [-0.2, 0) is 6.42 Å². The molecule has 2 atom stereocenters. The molecule has 0 radical (unpaired) electrons. The zero-order valence-corrected chi connectivity index (χ0v) is 12.0. The Morgan fingerprint density at radius 2 is 1.76 bits per heavy atom. The Hall–Kier alpha value is -2.08. The maximum atomic E-state index is 2.38. The predicted octanol–water partition coefficient (Wildman–Crippen LogP) is 5.25. The molecule has 3 aliphatic carbocycles. The number of hydrogen-bond acceptors (Lipinski definition) is 0. The Morgan fingerprint density at radius 1 is 0.857 bits per heavy atom. The van der Waals surface area contributed by atoms with Crippen LogP contribution in [0.15, 0.2) is 66.3 Å². The van der Waals surface area contributed by atoms with Crippen LogP contribution in [0.3, 0.4) is 0 Å². The first-order valence-corrected chi connectivity index (χ1v) is 8.00. The van der Waals surface area contributed by atoms with Crippen molar-refractivity contribution >= 4 is 0 Å². The number of hydrogen-bond donors (Lipinski definition) is 0. The maximum Gasteiger partial charge on any atom is 0.00605 e. The summed E-state index contributed by atoms with van der Waals surface area (Å²) >= 11 is 0. The van der Waals surface area contributed by atoms with Crippen molar-refractivity contribution in [3.05, 3.63) is 83.0 Å². The number of allylic oxidation sites excluding steroid dienone is 4. The highest BCUT2D eigenvalue weighted by Gasteiger charge is 2.34. The summed E-state index contributed by atoms with van der Waals surface area (Å²) in [5.74, 6) is 1.36. The molecule has 0 aromatic heterocycles. The Kier molecular flexibility index (Phi) is 2.32. The molecule has 0 aliphatic heterocycles. The van der Waals surface area contributed by atoms with Gasteiger partial charge in [0.05, 0.1) is 0 Å². The first-order valence-electron chi connectivity index (χ1n) is 8.00. The van der Waals surface area contributed by atoms with E-state index in [1.807, 2.05) is 0 Å². The summed E-state index contributed by atoms with van der Waals surface area (Å²) in [5.41, 5.74) is 9.23. The predicted molar refractivity (Wildman–Crippen MR) is 87.4 cm³/mol. The largest absolute Gasteiger partial charge is 0.0773 e. The maximum absolute atomic E-state index is 2.38. The second-order valence-corrected chi connectivity index (χ2v) is 6.50. The lowest BCUT2D eigenvalue weighted by Crippen LogP contribution is -2.01. The zero-order chi connectivity index (χ0) is 13.8. The fraction of sp³-hybridized carbons (Fsp3) is 0.238. The Balaban J connectivity index is 1.65. The van der Waals surface area contributed by atoms with Crippen LogP contribution in [0.4, 0.5) is 0 Å². The quantitative estimate of drug-likeness (QED) is 0.566. The molecule has 0 nitrogen and oxygen atoms in total. The summed E-state index contributed by atoms with van der Waals surface area (Å²) in [7, 11) is 0. The lowest BCUT2D eigenvalue weighted by Gasteiger charge is -2.17. The molecule has 5 rings (SSSR count). The fourth-order valence-electron chi connectivity index (χ4n) is 4.53. The van der Waals surface area contributed by atoms with Crippen molar-refractivity contribution in [3.8, 4) is 11.1 Å². The monoisotopic (exact) mass is 270 g/mol. The average molecular weight is 270 g/mol. The molecule has 0 bridgehead atoms. The topological polar surface area (TPSA) is 0 Å². The molecule has 0 amide bonds. The van der Waals surface area contributed by atoms with E-state index in [4.69, 9.17) is 0 Å². The van der Waals surface area contributed by atoms with Gasteiger partial charge in [-0.3, -0.25) is 0 Å². The highest BCUT2D eigenvalue weighted by Crippen LogP contribution is 2.49. The van der Waals surface area contributed by atoms with Crippen LogP contribution in [0, 0.1) is 5.92 Å². The first-order chi connectivity index (χ1) is 10.4. The van der Waals surface area contributed by atoms with E-state index in [-0.39, 0.29) is 0 Å². The van der Waals surface area contributed by atoms with E-state index in [0.29, 0.717) is 5.92 Å². The van der Waals surface area contributed by atoms with Crippen molar-refractivity contribution in [2.24, 2.45) is 5.92 Å². The van der Waals surface area contributed by atoms with Crippen LogP contribution in [0.5, 0.6) is 0 Å². The van der Waals surface area contributed by atoms with Crippen molar-refractivity contribution in [1.82, 2.24) is 0 Å². The van der Waals surface area contributed by atoms with E-state index in [1.54, 1.807) is 16.7 Å². The molecule has 1 saturated carbocycles. The van der Waals surface area contributed by atoms with E-state index in [2.05, 4.69) is 60.7 Å². The summed E-state index contributed by atoms with van der Waals surface area (Å²) in [6.45, 7) is 0. The van der Waals surface area contributed by atoms with Gasteiger partial charge >= 0.3 is 0 Å². The van der Waals surface area contributed by atoms with Gasteiger partial charge in [-0.25, -0.2) is 0 Å². The molecule has 3 aliphatic rings. The van der Waals surface area contributed by atoms with Gasteiger partial charge < -0.3 is 0 Å². The van der Waals surface area contributed by atoms with Crippen molar-refractivity contribution in [3.63, 3.8) is 0 Å². The van der Waals surface area contributed by atoms with Crippen molar-refractivity contribution < 1.29 is 0 Å². The summed E-state index contributed by atoms with van der Waals surface area (Å²) in [6, 6.07) is 15.8. The third kappa shape index (κ3) is 1.56. The van der Waals surface area contributed by atoms with Gasteiger partial charge in [-0.1, -0.05) is 66.3 Å². The Labute approximate surface area is 125 Å². The van der Waals surface area contributed by atoms with Crippen LogP contribution >= 0.6 is 0 Å². The lowest BCUT2D eigenvalue weighted by atomic mass is 9.87. The molecular weight excluding hydrogens is 252 g/mol. The molecule has 0 spiro atoms. The van der Waals surface area contributed by atoms with Gasteiger partial charge in [0.25, 0.3) is 0 Å². The summed E-state index contributed by atoms with van der Waals surface area (Å²) in [5, 5.41) is 0. The molecule has 0 heterocycles. The lowest BCUT2D eigenvalue weighted by molar-refractivity contribution is 0.748. The third-order valence-corrected chi connectivity index (χ3v) is 5.49. The molecule has 0 saturated heterocycles. The molecule has 2 aromatic carbocycles. The molecule has 102 valence electrons. The highest BCUT2D eigenvalue weighted by atomic mass is 14.4. The summed E-state index contributed by atoms with van der Waals surface area (Å²) < 4.78 is 0.